The zero-order chi connectivity index (χ0) is 16.2. The molecule has 0 heterocycles. The maximum Gasteiger partial charge on any atom is 0.240 e. The van der Waals surface area contributed by atoms with Crippen LogP contribution in [0, 0.1) is 20.8 Å². The second-order valence-electron chi connectivity index (χ2n) is 5.31. The highest BCUT2D eigenvalue weighted by atomic mass is 32.2. The zero-order valence-electron chi connectivity index (χ0n) is 13.1. The Balaban J connectivity index is 1.91. The zero-order valence-corrected chi connectivity index (χ0v) is 13.9. The second-order valence-corrected chi connectivity index (χ2v) is 7.08. The number of hydrogen-bond donors (Lipinski definition) is 1. The summed E-state index contributed by atoms with van der Waals surface area (Å²) in [5, 5.41) is 0. The third kappa shape index (κ3) is 4.32. The number of hydrogen-bond acceptors (Lipinski definition) is 3. The number of sulfonamides is 1. The summed E-state index contributed by atoms with van der Waals surface area (Å²) in [6.45, 7) is 6.34. The van der Waals surface area contributed by atoms with Crippen molar-refractivity contribution in [3.05, 3.63) is 59.2 Å². The summed E-state index contributed by atoms with van der Waals surface area (Å²) >= 11 is 0. The Labute approximate surface area is 132 Å². The molecule has 2 aromatic carbocycles. The fourth-order valence-electron chi connectivity index (χ4n) is 2.01. The molecule has 22 heavy (non-hydrogen) atoms. The van der Waals surface area contributed by atoms with E-state index in [0.29, 0.717) is 0 Å². The molecule has 5 heteroatoms. The molecule has 0 aliphatic rings. The lowest BCUT2D eigenvalue weighted by Crippen LogP contribution is -2.28. The Morgan fingerprint density at radius 2 is 1.77 bits per heavy atom. The largest absolute Gasteiger partial charge is 0.492 e. The number of aryl methyl sites for hydroxylation is 3. The van der Waals surface area contributed by atoms with Crippen LogP contribution < -0.4 is 9.46 Å². The normalized spacial score (nSPS) is 11.4. The van der Waals surface area contributed by atoms with Crippen molar-refractivity contribution in [2.75, 3.05) is 13.2 Å². The lowest BCUT2D eigenvalue weighted by atomic mass is 10.1. The van der Waals surface area contributed by atoms with Gasteiger partial charge in [0.25, 0.3) is 0 Å². The van der Waals surface area contributed by atoms with Crippen LogP contribution in [-0.2, 0) is 10.0 Å². The average Bonchev–Trinajstić information content (AvgIpc) is 2.46. The van der Waals surface area contributed by atoms with Crippen LogP contribution >= 0.6 is 0 Å². The Kier molecular flexibility index (Phi) is 5.21. The molecular weight excluding hydrogens is 298 g/mol. The summed E-state index contributed by atoms with van der Waals surface area (Å²) in [4.78, 5) is 0.283. The van der Waals surface area contributed by atoms with Crippen molar-refractivity contribution in [3.63, 3.8) is 0 Å². The minimum absolute atomic E-state index is 0.225. The van der Waals surface area contributed by atoms with Gasteiger partial charge in [0.2, 0.25) is 10.0 Å². The summed E-state index contributed by atoms with van der Waals surface area (Å²) in [5.41, 5.74) is 3.13. The Bertz CT molecular complexity index is 754. The van der Waals surface area contributed by atoms with Gasteiger partial charge >= 0.3 is 0 Å². The summed E-state index contributed by atoms with van der Waals surface area (Å²) in [7, 11) is -3.49. The monoisotopic (exact) mass is 319 g/mol. The van der Waals surface area contributed by atoms with E-state index < -0.39 is 10.0 Å². The molecule has 0 spiro atoms. The highest BCUT2D eigenvalue weighted by Crippen LogP contribution is 2.15. The quantitative estimate of drug-likeness (QED) is 0.833. The lowest BCUT2D eigenvalue weighted by Gasteiger charge is -2.10. The van der Waals surface area contributed by atoms with Crippen molar-refractivity contribution < 1.29 is 13.2 Å². The van der Waals surface area contributed by atoms with E-state index in [1.165, 1.54) is 0 Å². The minimum atomic E-state index is -3.49. The predicted octanol–water partition coefficient (Wildman–Crippen LogP) is 2.97. The van der Waals surface area contributed by atoms with Crippen molar-refractivity contribution in [3.8, 4) is 5.75 Å². The van der Waals surface area contributed by atoms with Gasteiger partial charge in [0, 0.05) is 6.54 Å². The van der Waals surface area contributed by atoms with Crippen molar-refractivity contribution in [2.45, 2.75) is 25.7 Å². The van der Waals surface area contributed by atoms with E-state index in [2.05, 4.69) is 4.72 Å². The minimum Gasteiger partial charge on any atom is -0.492 e. The molecule has 0 aliphatic heterocycles. The molecule has 0 aliphatic carbocycles. The first kappa shape index (κ1) is 16.5. The van der Waals surface area contributed by atoms with Gasteiger partial charge in [0.15, 0.2) is 0 Å². The first-order chi connectivity index (χ1) is 10.4. The predicted molar refractivity (Wildman–Crippen MR) is 87.8 cm³/mol. The second kappa shape index (κ2) is 6.94. The van der Waals surface area contributed by atoms with Gasteiger partial charge in [-0.25, -0.2) is 13.1 Å². The van der Waals surface area contributed by atoms with Crippen molar-refractivity contribution in [1.29, 1.82) is 0 Å². The smallest absolute Gasteiger partial charge is 0.240 e. The van der Waals surface area contributed by atoms with E-state index >= 15 is 0 Å². The number of benzene rings is 2. The number of rotatable bonds is 6. The maximum absolute atomic E-state index is 12.2. The maximum atomic E-state index is 12.2. The van der Waals surface area contributed by atoms with Crippen LogP contribution in [0.15, 0.2) is 47.4 Å². The Morgan fingerprint density at radius 1 is 1.00 bits per heavy atom. The van der Waals surface area contributed by atoms with Gasteiger partial charge < -0.3 is 4.74 Å². The van der Waals surface area contributed by atoms with Crippen LogP contribution in [0.5, 0.6) is 5.75 Å². The molecule has 118 valence electrons. The first-order valence-electron chi connectivity index (χ1n) is 7.15. The van der Waals surface area contributed by atoms with Gasteiger partial charge in [-0.3, -0.25) is 0 Å². The van der Waals surface area contributed by atoms with Crippen LogP contribution in [0.1, 0.15) is 16.7 Å². The van der Waals surface area contributed by atoms with Crippen LogP contribution in [0.2, 0.25) is 0 Å². The van der Waals surface area contributed by atoms with Crippen LogP contribution in [-0.4, -0.2) is 21.6 Å². The molecule has 0 fully saturated rings. The first-order valence-corrected chi connectivity index (χ1v) is 8.63. The molecule has 4 nitrogen and oxygen atoms in total. The fourth-order valence-corrected chi connectivity index (χ4v) is 3.11. The number of ether oxygens (including phenoxy) is 1. The van der Waals surface area contributed by atoms with Gasteiger partial charge in [0.05, 0.1) is 4.90 Å². The number of nitrogens with one attached hydrogen (secondary N) is 1. The Morgan fingerprint density at radius 3 is 2.45 bits per heavy atom. The molecule has 2 rings (SSSR count). The van der Waals surface area contributed by atoms with Crippen LogP contribution in [0.4, 0.5) is 0 Å². The summed E-state index contributed by atoms with van der Waals surface area (Å²) in [6.07, 6.45) is 0. The average molecular weight is 319 g/mol. The van der Waals surface area contributed by atoms with E-state index in [1.54, 1.807) is 12.1 Å². The lowest BCUT2D eigenvalue weighted by molar-refractivity contribution is 0.322. The molecule has 0 atom stereocenters. The van der Waals surface area contributed by atoms with Gasteiger partial charge in [-0.1, -0.05) is 18.2 Å². The van der Waals surface area contributed by atoms with Gasteiger partial charge in [0.1, 0.15) is 12.4 Å². The van der Waals surface area contributed by atoms with Gasteiger partial charge in [-0.05, 0) is 61.7 Å². The van der Waals surface area contributed by atoms with E-state index in [4.69, 9.17) is 4.74 Å². The Hall–Kier alpha value is -1.85. The molecule has 2 aromatic rings. The summed E-state index contributed by atoms with van der Waals surface area (Å²) in [6, 6.07) is 12.8. The molecule has 0 aromatic heterocycles. The van der Waals surface area contributed by atoms with E-state index in [1.807, 2.05) is 51.1 Å². The van der Waals surface area contributed by atoms with Crippen molar-refractivity contribution in [2.24, 2.45) is 0 Å². The highest BCUT2D eigenvalue weighted by Gasteiger charge is 2.13. The summed E-state index contributed by atoms with van der Waals surface area (Å²) < 4.78 is 32.5. The SMILES string of the molecule is Cc1cccc(OCCNS(=O)(=O)c2ccc(C)c(C)c2)c1. The third-order valence-electron chi connectivity index (χ3n) is 3.44. The van der Waals surface area contributed by atoms with E-state index in [-0.39, 0.29) is 18.0 Å². The molecule has 0 saturated heterocycles. The summed E-state index contributed by atoms with van der Waals surface area (Å²) in [5.74, 6) is 0.741. The molecule has 0 bridgehead atoms. The molecule has 0 amide bonds. The third-order valence-corrected chi connectivity index (χ3v) is 4.90. The van der Waals surface area contributed by atoms with Crippen molar-refractivity contribution >= 4 is 10.0 Å². The molecule has 0 unspecified atom stereocenters. The molecule has 0 radical (unpaired) electrons. The molecule has 0 saturated carbocycles. The van der Waals surface area contributed by atoms with Crippen molar-refractivity contribution in [1.82, 2.24) is 4.72 Å². The molecule has 1 N–H and O–H groups in total. The fraction of sp³-hybridized carbons (Fsp3) is 0.294. The van der Waals surface area contributed by atoms with Gasteiger partial charge in [-0.2, -0.15) is 0 Å². The highest BCUT2D eigenvalue weighted by molar-refractivity contribution is 7.89. The molecular formula is C17H21NO3S. The van der Waals surface area contributed by atoms with E-state index in [0.717, 1.165) is 22.4 Å². The van der Waals surface area contributed by atoms with E-state index in [9.17, 15) is 8.42 Å². The van der Waals surface area contributed by atoms with Gasteiger partial charge in [-0.15, -0.1) is 0 Å². The van der Waals surface area contributed by atoms with Crippen LogP contribution in [0.3, 0.4) is 0 Å². The standard InChI is InChI=1S/C17H21NO3S/c1-13-5-4-6-16(11-13)21-10-9-18-22(19,20)17-8-7-14(2)15(3)12-17/h4-8,11-12,18H,9-10H2,1-3H3. The van der Waals surface area contributed by atoms with Crippen LogP contribution in [0.25, 0.3) is 0 Å². The topological polar surface area (TPSA) is 55.4 Å².